The van der Waals surface area contributed by atoms with Gasteiger partial charge in [-0.1, -0.05) is 6.07 Å². The van der Waals surface area contributed by atoms with Crippen LogP contribution in [0.1, 0.15) is 35.6 Å². The normalized spacial score (nSPS) is 13.3. The lowest BCUT2D eigenvalue weighted by atomic mass is 10.1. The molecule has 0 aliphatic rings. The Kier molecular flexibility index (Phi) is 4.46. The average molecular weight is 309 g/mol. The van der Waals surface area contributed by atoms with Gasteiger partial charge in [-0.2, -0.15) is 0 Å². The molecule has 7 heteroatoms. The maximum absolute atomic E-state index is 12.3. The number of pyridine rings is 1. The molecule has 2 aromatic rings. The zero-order chi connectivity index (χ0) is 15.6. The van der Waals surface area contributed by atoms with Gasteiger partial charge in [0.15, 0.2) is 5.03 Å². The Labute approximate surface area is 124 Å². The van der Waals surface area contributed by atoms with Crippen molar-refractivity contribution in [3.63, 3.8) is 0 Å². The lowest BCUT2D eigenvalue weighted by Gasteiger charge is -2.13. The quantitative estimate of drug-likeness (QED) is 0.877. The van der Waals surface area contributed by atoms with E-state index in [0.717, 1.165) is 16.9 Å². The Morgan fingerprint density at radius 3 is 2.57 bits per heavy atom. The molecular formula is C14H19N3O3S. The topological polar surface area (TPSA) is 98.2 Å². The van der Waals surface area contributed by atoms with Crippen LogP contribution in [0.15, 0.2) is 33.8 Å². The van der Waals surface area contributed by atoms with Crippen molar-refractivity contribution in [3.05, 3.63) is 47.0 Å². The van der Waals surface area contributed by atoms with Crippen LogP contribution in [0, 0.1) is 13.8 Å². The molecule has 0 fully saturated rings. The SMILES string of the molecule is Cc1cc(C(C)NS(=O)(=O)c2ccc(CN)cn2)c(C)o1. The molecule has 0 spiro atoms. The van der Waals surface area contributed by atoms with Gasteiger partial charge in [-0.05, 0) is 38.5 Å². The largest absolute Gasteiger partial charge is 0.466 e. The molecule has 0 bridgehead atoms. The minimum Gasteiger partial charge on any atom is -0.466 e. The van der Waals surface area contributed by atoms with Crippen LogP contribution in [0.25, 0.3) is 0 Å². The first-order valence-corrected chi connectivity index (χ1v) is 8.06. The molecule has 1 unspecified atom stereocenters. The molecular weight excluding hydrogens is 290 g/mol. The lowest BCUT2D eigenvalue weighted by Crippen LogP contribution is -2.27. The Morgan fingerprint density at radius 1 is 1.38 bits per heavy atom. The van der Waals surface area contributed by atoms with E-state index in [0.29, 0.717) is 12.3 Å². The molecule has 0 saturated carbocycles. The molecule has 0 aromatic carbocycles. The van der Waals surface area contributed by atoms with E-state index in [1.165, 1.54) is 12.3 Å². The summed E-state index contributed by atoms with van der Waals surface area (Å²) in [5, 5.41) is -0.0237. The standard InChI is InChI=1S/C14H19N3O3S/c1-9-6-13(11(3)20-9)10(2)17-21(18,19)14-5-4-12(7-15)8-16-14/h4-6,8,10,17H,7,15H2,1-3H3. The number of aryl methyl sites for hydroxylation is 2. The van der Waals surface area contributed by atoms with Crippen LogP contribution in [0.4, 0.5) is 0 Å². The fourth-order valence-corrected chi connectivity index (χ4v) is 3.28. The van der Waals surface area contributed by atoms with Gasteiger partial charge in [-0.15, -0.1) is 0 Å². The van der Waals surface area contributed by atoms with Crippen molar-refractivity contribution >= 4 is 10.0 Å². The third-order valence-electron chi connectivity index (χ3n) is 3.19. The number of aromatic nitrogens is 1. The second kappa shape index (κ2) is 5.97. The monoisotopic (exact) mass is 309 g/mol. The smallest absolute Gasteiger partial charge is 0.258 e. The molecule has 2 heterocycles. The van der Waals surface area contributed by atoms with E-state index in [4.69, 9.17) is 10.2 Å². The van der Waals surface area contributed by atoms with E-state index in [9.17, 15) is 8.42 Å². The summed E-state index contributed by atoms with van der Waals surface area (Å²) in [7, 11) is -3.68. The van der Waals surface area contributed by atoms with Gasteiger partial charge in [0.1, 0.15) is 11.5 Å². The summed E-state index contributed by atoms with van der Waals surface area (Å²) in [6.07, 6.45) is 1.46. The highest BCUT2D eigenvalue weighted by Crippen LogP contribution is 2.22. The highest BCUT2D eigenvalue weighted by Gasteiger charge is 2.22. The third kappa shape index (κ3) is 3.49. The predicted molar refractivity (Wildman–Crippen MR) is 79.0 cm³/mol. The molecule has 6 nitrogen and oxygen atoms in total. The second-order valence-corrected chi connectivity index (χ2v) is 6.58. The van der Waals surface area contributed by atoms with E-state index >= 15 is 0 Å². The molecule has 0 aliphatic carbocycles. The Bertz CT molecular complexity index is 720. The number of nitrogens with zero attached hydrogens (tertiary/aromatic N) is 1. The van der Waals surface area contributed by atoms with E-state index in [1.807, 2.05) is 13.0 Å². The van der Waals surface area contributed by atoms with Crippen LogP contribution < -0.4 is 10.5 Å². The van der Waals surface area contributed by atoms with Gasteiger partial charge >= 0.3 is 0 Å². The van der Waals surface area contributed by atoms with Gasteiger partial charge in [0.25, 0.3) is 10.0 Å². The van der Waals surface area contributed by atoms with Gasteiger partial charge in [0, 0.05) is 24.3 Å². The first-order chi connectivity index (χ1) is 9.83. The molecule has 0 saturated heterocycles. The van der Waals surface area contributed by atoms with Crippen LogP contribution in [0.5, 0.6) is 0 Å². The molecule has 0 amide bonds. The van der Waals surface area contributed by atoms with Crippen molar-refractivity contribution in [2.45, 2.75) is 38.4 Å². The number of rotatable bonds is 5. The Hall–Kier alpha value is -1.70. The van der Waals surface area contributed by atoms with Crippen molar-refractivity contribution in [3.8, 4) is 0 Å². The minimum atomic E-state index is -3.68. The number of nitrogens with two attached hydrogens (primary N) is 1. The predicted octanol–water partition coefficient (Wildman–Crippen LogP) is 1.79. The van der Waals surface area contributed by atoms with Gasteiger partial charge < -0.3 is 10.2 Å². The lowest BCUT2D eigenvalue weighted by molar-refractivity contribution is 0.496. The average Bonchev–Trinajstić information content (AvgIpc) is 2.77. The van der Waals surface area contributed by atoms with E-state index in [-0.39, 0.29) is 5.03 Å². The van der Waals surface area contributed by atoms with Crippen molar-refractivity contribution in [1.29, 1.82) is 0 Å². The van der Waals surface area contributed by atoms with Crippen molar-refractivity contribution in [2.75, 3.05) is 0 Å². The third-order valence-corrected chi connectivity index (χ3v) is 4.64. The first kappa shape index (κ1) is 15.7. The number of furan rings is 1. The maximum atomic E-state index is 12.3. The minimum absolute atomic E-state index is 0.0237. The summed E-state index contributed by atoms with van der Waals surface area (Å²) < 4.78 is 32.6. The summed E-state index contributed by atoms with van der Waals surface area (Å²) in [6.45, 7) is 5.72. The summed E-state index contributed by atoms with van der Waals surface area (Å²) in [5.41, 5.74) is 7.06. The number of hydrogen-bond acceptors (Lipinski definition) is 5. The molecule has 1 atom stereocenters. The van der Waals surface area contributed by atoms with Crippen molar-refractivity contribution in [1.82, 2.24) is 9.71 Å². The molecule has 2 aromatic heterocycles. The highest BCUT2D eigenvalue weighted by atomic mass is 32.2. The number of nitrogens with one attached hydrogen (secondary N) is 1. The Balaban J connectivity index is 2.22. The summed E-state index contributed by atoms with van der Waals surface area (Å²) >= 11 is 0. The molecule has 21 heavy (non-hydrogen) atoms. The molecule has 0 radical (unpaired) electrons. The fourth-order valence-electron chi connectivity index (χ4n) is 2.13. The maximum Gasteiger partial charge on any atom is 0.258 e. The fraction of sp³-hybridized carbons (Fsp3) is 0.357. The van der Waals surface area contributed by atoms with Crippen molar-refractivity contribution < 1.29 is 12.8 Å². The molecule has 114 valence electrons. The van der Waals surface area contributed by atoms with E-state index in [2.05, 4.69) is 9.71 Å². The molecule has 0 aliphatic heterocycles. The zero-order valence-corrected chi connectivity index (χ0v) is 13.1. The summed E-state index contributed by atoms with van der Waals surface area (Å²) in [4.78, 5) is 3.94. The van der Waals surface area contributed by atoms with Crippen molar-refractivity contribution in [2.24, 2.45) is 5.73 Å². The van der Waals surface area contributed by atoms with Crippen LogP contribution in [-0.2, 0) is 16.6 Å². The summed E-state index contributed by atoms with van der Waals surface area (Å²) in [6, 6.07) is 4.53. The van der Waals surface area contributed by atoms with Gasteiger partial charge in [0.05, 0.1) is 0 Å². The van der Waals surface area contributed by atoms with Crippen LogP contribution >= 0.6 is 0 Å². The number of sulfonamides is 1. The molecule has 2 rings (SSSR count). The zero-order valence-electron chi connectivity index (χ0n) is 12.3. The first-order valence-electron chi connectivity index (χ1n) is 6.57. The molecule has 3 N–H and O–H groups in total. The Morgan fingerprint density at radius 2 is 2.10 bits per heavy atom. The second-order valence-electron chi connectivity index (χ2n) is 4.92. The van der Waals surface area contributed by atoms with Crippen LogP contribution in [-0.4, -0.2) is 13.4 Å². The van der Waals surface area contributed by atoms with Crippen LogP contribution in [0.2, 0.25) is 0 Å². The van der Waals surface area contributed by atoms with Gasteiger partial charge in [-0.25, -0.2) is 18.1 Å². The van der Waals surface area contributed by atoms with E-state index < -0.39 is 16.1 Å². The number of hydrogen-bond donors (Lipinski definition) is 2. The summed E-state index contributed by atoms with van der Waals surface area (Å²) in [5.74, 6) is 1.45. The van der Waals surface area contributed by atoms with E-state index in [1.54, 1.807) is 19.9 Å². The van der Waals surface area contributed by atoms with Crippen LogP contribution in [0.3, 0.4) is 0 Å². The van der Waals surface area contributed by atoms with Gasteiger partial charge in [-0.3, -0.25) is 0 Å². The van der Waals surface area contributed by atoms with Gasteiger partial charge in [0.2, 0.25) is 0 Å². The highest BCUT2D eigenvalue weighted by molar-refractivity contribution is 7.89.